The monoisotopic (exact) mass is 284 g/mol. The fraction of sp³-hybridized carbons (Fsp3) is 0.188. The van der Waals surface area contributed by atoms with Gasteiger partial charge in [0.25, 0.3) is 0 Å². The molecule has 0 saturated carbocycles. The van der Waals surface area contributed by atoms with Gasteiger partial charge in [0.15, 0.2) is 11.6 Å². The molecule has 1 aromatic carbocycles. The van der Waals surface area contributed by atoms with E-state index < -0.39 is 0 Å². The van der Waals surface area contributed by atoms with Crippen molar-refractivity contribution in [3.63, 3.8) is 0 Å². The molecule has 0 spiro atoms. The maximum atomic E-state index is 6.01. The number of aryl methyl sites for hydroxylation is 2. The summed E-state index contributed by atoms with van der Waals surface area (Å²) in [5.74, 6) is 2.38. The highest BCUT2D eigenvalue weighted by molar-refractivity contribution is 5.89. The zero-order valence-electron chi connectivity index (χ0n) is 12.1. The lowest BCUT2D eigenvalue weighted by Crippen LogP contribution is -1.93. The molecule has 0 saturated heterocycles. The van der Waals surface area contributed by atoms with Crippen LogP contribution in [0.15, 0.2) is 39.5 Å². The molecule has 0 amide bonds. The molecule has 0 radical (unpaired) electrons. The maximum absolute atomic E-state index is 6.01. The second-order valence-corrected chi connectivity index (χ2v) is 4.87. The number of hydrogen-bond donors (Lipinski definition) is 1. The molecule has 0 aliphatic carbocycles. The van der Waals surface area contributed by atoms with Crippen molar-refractivity contribution < 1.29 is 13.7 Å². The van der Waals surface area contributed by atoms with E-state index in [0.717, 1.165) is 33.8 Å². The SMILES string of the molecule is COc1ccc(C)cc1-c1c(N)noc1-c1ccoc1C. The molecule has 0 unspecified atom stereocenters. The number of nitrogens with zero attached hydrogens (tertiary/aromatic N) is 1. The molecule has 3 aromatic rings. The fourth-order valence-electron chi connectivity index (χ4n) is 2.38. The predicted octanol–water partition coefficient (Wildman–Crippen LogP) is 3.81. The quantitative estimate of drug-likeness (QED) is 0.791. The van der Waals surface area contributed by atoms with Crippen LogP contribution in [0.3, 0.4) is 0 Å². The Hall–Kier alpha value is -2.69. The zero-order chi connectivity index (χ0) is 15.0. The van der Waals surface area contributed by atoms with Gasteiger partial charge in [-0.05, 0) is 32.0 Å². The lowest BCUT2D eigenvalue weighted by atomic mass is 9.99. The van der Waals surface area contributed by atoms with Gasteiger partial charge < -0.3 is 19.4 Å². The number of ether oxygens (including phenoxy) is 1. The summed E-state index contributed by atoms with van der Waals surface area (Å²) in [6.07, 6.45) is 1.61. The van der Waals surface area contributed by atoms with E-state index in [2.05, 4.69) is 5.16 Å². The van der Waals surface area contributed by atoms with Gasteiger partial charge in [-0.15, -0.1) is 0 Å². The minimum absolute atomic E-state index is 0.328. The molecule has 0 aliphatic heterocycles. The van der Waals surface area contributed by atoms with E-state index in [1.807, 2.05) is 38.1 Å². The van der Waals surface area contributed by atoms with Crippen LogP contribution in [-0.2, 0) is 0 Å². The van der Waals surface area contributed by atoms with Crippen LogP contribution in [0.25, 0.3) is 22.5 Å². The van der Waals surface area contributed by atoms with E-state index in [9.17, 15) is 0 Å². The zero-order valence-corrected chi connectivity index (χ0v) is 12.1. The Bertz CT molecular complexity index is 787. The molecular formula is C16H16N2O3. The maximum Gasteiger partial charge on any atom is 0.180 e. The molecule has 0 bridgehead atoms. The van der Waals surface area contributed by atoms with E-state index in [4.69, 9.17) is 19.4 Å². The fourth-order valence-corrected chi connectivity index (χ4v) is 2.38. The van der Waals surface area contributed by atoms with Crippen molar-refractivity contribution in [2.75, 3.05) is 12.8 Å². The summed E-state index contributed by atoms with van der Waals surface area (Å²) in [4.78, 5) is 0. The van der Waals surface area contributed by atoms with Crippen LogP contribution in [0.1, 0.15) is 11.3 Å². The van der Waals surface area contributed by atoms with Crippen LogP contribution in [0.2, 0.25) is 0 Å². The highest BCUT2D eigenvalue weighted by atomic mass is 16.5. The minimum atomic E-state index is 0.328. The molecule has 5 nitrogen and oxygen atoms in total. The molecule has 3 rings (SSSR count). The number of rotatable bonds is 3. The van der Waals surface area contributed by atoms with Gasteiger partial charge in [-0.2, -0.15) is 0 Å². The Morgan fingerprint density at radius 2 is 1.95 bits per heavy atom. The number of hydrogen-bond acceptors (Lipinski definition) is 5. The third kappa shape index (κ3) is 2.16. The van der Waals surface area contributed by atoms with Gasteiger partial charge in [0.1, 0.15) is 11.5 Å². The van der Waals surface area contributed by atoms with Crippen LogP contribution in [-0.4, -0.2) is 12.3 Å². The summed E-state index contributed by atoms with van der Waals surface area (Å²) in [7, 11) is 1.63. The van der Waals surface area contributed by atoms with E-state index in [0.29, 0.717) is 11.6 Å². The topological polar surface area (TPSA) is 74.4 Å². The van der Waals surface area contributed by atoms with Crippen LogP contribution in [0.5, 0.6) is 5.75 Å². The van der Waals surface area contributed by atoms with Crippen LogP contribution in [0, 0.1) is 13.8 Å². The van der Waals surface area contributed by atoms with Crippen molar-refractivity contribution in [2.45, 2.75) is 13.8 Å². The normalized spacial score (nSPS) is 10.8. The summed E-state index contributed by atoms with van der Waals surface area (Å²) >= 11 is 0. The second-order valence-electron chi connectivity index (χ2n) is 4.87. The number of nitrogen functional groups attached to an aromatic ring is 1. The van der Waals surface area contributed by atoms with Gasteiger partial charge in [0, 0.05) is 5.56 Å². The standard InChI is InChI=1S/C16H16N2O3/c1-9-4-5-13(19-3)12(8-9)14-15(21-18-16(14)17)11-6-7-20-10(11)2/h4-8H,1-3H3,(H2,17,18). The molecule has 2 N–H and O–H groups in total. The smallest absolute Gasteiger partial charge is 0.180 e. The van der Waals surface area contributed by atoms with Crippen molar-refractivity contribution >= 4 is 5.82 Å². The average Bonchev–Trinajstić information content (AvgIpc) is 3.04. The van der Waals surface area contributed by atoms with Gasteiger partial charge in [-0.3, -0.25) is 0 Å². The summed E-state index contributed by atoms with van der Waals surface area (Å²) in [6, 6.07) is 7.72. The van der Waals surface area contributed by atoms with Crippen molar-refractivity contribution in [1.29, 1.82) is 0 Å². The van der Waals surface area contributed by atoms with E-state index in [1.165, 1.54) is 0 Å². The molecular weight excluding hydrogens is 268 g/mol. The summed E-state index contributed by atoms with van der Waals surface area (Å²) < 4.78 is 16.2. The molecule has 21 heavy (non-hydrogen) atoms. The predicted molar refractivity (Wildman–Crippen MR) is 80.1 cm³/mol. The Kier molecular flexibility index (Phi) is 3.17. The van der Waals surface area contributed by atoms with Crippen molar-refractivity contribution in [2.24, 2.45) is 0 Å². The Balaban J connectivity index is 2.27. The van der Waals surface area contributed by atoms with Gasteiger partial charge in [-0.1, -0.05) is 16.8 Å². The van der Waals surface area contributed by atoms with Crippen LogP contribution in [0.4, 0.5) is 5.82 Å². The first-order valence-electron chi connectivity index (χ1n) is 6.56. The summed E-state index contributed by atoms with van der Waals surface area (Å²) in [5.41, 5.74) is 9.52. The first-order chi connectivity index (χ1) is 10.1. The molecule has 0 aliphatic rings. The lowest BCUT2D eigenvalue weighted by Gasteiger charge is -2.09. The summed E-state index contributed by atoms with van der Waals surface area (Å²) in [6.45, 7) is 3.88. The number of furan rings is 1. The highest BCUT2D eigenvalue weighted by Crippen LogP contribution is 2.42. The van der Waals surface area contributed by atoms with Crippen molar-refractivity contribution in [1.82, 2.24) is 5.16 Å². The number of benzene rings is 1. The average molecular weight is 284 g/mol. The minimum Gasteiger partial charge on any atom is -0.496 e. The van der Waals surface area contributed by atoms with Gasteiger partial charge in [-0.25, -0.2) is 0 Å². The number of anilines is 1. The third-order valence-electron chi connectivity index (χ3n) is 3.45. The number of aromatic nitrogens is 1. The highest BCUT2D eigenvalue weighted by Gasteiger charge is 2.23. The molecule has 0 fully saturated rings. The molecule has 2 aromatic heterocycles. The molecule has 5 heteroatoms. The molecule has 108 valence electrons. The van der Waals surface area contributed by atoms with Crippen molar-refractivity contribution in [3.8, 4) is 28.2 Å². The van der Waals surface area contributed by atoms with Gasteiger partial charge in [0.05, 0.1) is 24.5 Å². The Labute approximate surface area is 122 Å². The first kappa shape index (κ1) is 13.3. The molecule has 0 atom stereocenters. The largest absolute Gasteiger partial charge is 0.496 e. The third-order valence-corrected chi connectivity index (χ3v) is 3.45. The first-order valence-corrected chi connectivity index (χ1v) is 6.56. The number of nitrogens with two attached hydrogens (primary N) is 1. The second kappa shape index (κ2) is 5.01. The molecule has 2 heterocycles. The van der Waals surface area contributed by atoms with Gasteiger partial charge >= 0.3 is 0 Å². The van der Waals surface area contributed by atoms with Crippen molar-refractivity contribution in [3.05, 3.63) is 41.9 Å². The van der Waals surface area contributed by atoms with Gasteiger partial charge in [0.2, 0.25) is 0 Å². The number of methoxy groups -OCH3 is 1. The van der Waals surface area contributed by atoms with Crippen LogP contribution >= 0.6 is 0 Å². The Morgan fingerprint density at radius 1 is 1.14 bits per heavy atom. The van der Waals surface area contributed by atoms with Crippen LogP contribution < -0.4 is 10.5 Å². The summed E-state index contributed by atoms with van der Waals surface area (Å²) in [5, 5.41) is 3.90. The van der Waals surface area contributed by atoms with E-state index in [-0.39, 0.29) is 0 Å². The lowest BCUT2D eigenvalue weighted by molar-refractivity contribution is 0.416. The Morgan fingerprint density at radius 3 is 2.62 bits per heavy atom. The van der Waals surface area contributed by atoms with E-state index in [1.54, 1.807) is 13.4 Å². The van der Waals surface area contributed by atoms with E-state index >= 15 is 0 Å².